The topological polar surface area (TPSA) is 40.5 Å². The summed E-state index contributed by atoms with van der Waals surface area (Å²) in [4.78, 5) is 0. The summed E-state index contributed by atoms with van der Waals surface area (Å²) in [5, 5.41) is 21.4. The minimum Gasteiger partial charge on any atom is -0.508 e. The molecule has 168 valence electrons. The molecule has 30 heavy (non-hydrogen) atoms. The first-order valence-corrected chi connectivity index (χ1v) is 12.6. The molecule has 0 saturated heterocycles. The largest absolute Gasteiger partial charge is 0.508 e. The van der Waals surface area contributed by atoms with Gasteiger partial charge in [0, 0.05) is 0 Å². The fourth-order valence-corrected chi connectivity index (χ4v) is 7.66. The lowest BCUT2D eigenvalue weighted by Gasteiger charge is -2.55. The molecule has 4 aliphatic rings. The normalized spacial score (nSPS) is 43.3. The molecule has 0 aliphatic heterocycles. The Morgan fingerprint density at radius 1 is 0.967 bits per heavy atom. The fourth-order valence-electron chi connectivity index (χ4n) is 7.66. The minimum absolute atomic E-state index is 0.137. The molecule has 0 aromatic rings. The summed E-state index contributed by atoms with van der Waals surface area (Å²) in [6.07, 6.45) is 14.4. The van der Waals surface area contributed by atoms with Crippen molar-refractivity contribution in [3.8, 4) is 0 Å². The van der Waals surface area contributed by atoms with E-state index in [1.54, 1.807) is 0 Å². The lowest BCUT2D eigenvalue weighted by atomic mass is 9.49. The van der Waals surface area contributed by atoms with Crippen LogP contribution in [-0.2, 0) is 0 Å². The molecule has 2 N–H and O–H groups in total. The number of hydrogen-bond donors (Lipinski definition) is 2. The summed E-state index contributed by atoms with van der Waals surface area (Å²) < 4.78 is 0. The number of fused-ring (bicyclic) bond motifs is 5. The van der Waals surface area contributed by atoms with E-state index in [1.165, 1.54) is 36.8 Å². The zero-order valence-corrected chi connectivity index (χ0v) is 20.1. The standard InChI is InChI=1S/C28H44O2/c1-17(2)18(3)7-8-19(4)22-9-10-23-26-24(12-14-28(22,23)6)27(5)13-11-21(29)15-20(27)16-25(26)30/h7-8,16-19,21-24,29-30H,9-15H2,1-6H3. The van der Waals surface area contributed by atoms with Gasteiger partial charge in [0.1, 0.15) is 5.76 Å². The van der Waals surface area contributed by atoms with E-state index in [1.807, 2.05) is 0 Å². The van der Waals surface area contributed by atoms with Crippen LogP contribution in [0.2, 0.25) is 0 Å². The Morgan fingerprint density at radius 3 is 2.40 bits per heavy atom. The predicted octanol–water partition coefficient (Wildman–Crippen LogP) is 7.22. The maximum Gasteiger partial charge on any atom is 0.115 e. The van der Waals surface area contributed by atoms with Gasteiger partial charge in [-0.25, -0.2) is 0 Å². The Morgan fingerprint density at radius 2 is 1.70 bits per heavy atom. The molecule has 8 atom stereocenters. The Bertz CT molecular complexity index is 759. The highest BCUT2D eigenvalue weighted by atomic mass is 16.3. The second kappa shape index (κ2) is 7.84. The summed E-state index contributed by atoms with van der Waals surface area (Å²) >= 11 is 0. The summed E-state index contributed by atoms with van der Waals surface area (Å²) in [7, 11) is 0. The van der Waals surface area contributed by atoms with Gasteiger partial charge < -0.3 is 10.2 Å². The van der Waals surface area contributed by atoms with Gasteiger partial charge in [0.05, 0.1) is 6.10 Å². The monoisotopic (exact) mass is 412 g/mol. The van der Waals surface area contributed by atoms with E-state index in [0.717, 1.165) is 19.3 Å². The lowest BCUT2D eigenvalue weighted by Crippen LogP contribution is -2.47. The highest BCUT2D eigenvalue weighted by molar-refractivity contribution is 5.41. The lowest BCUT2D eigenvalue weighted by molar-refractivity contribution is 0.0331. The van der Waals surface area contributed by atoms with Crippen molar-refractivity contribution < 1.29 is 10.2 Å². The third kappa shape index (κ3) is 3.42. The molecule has 0 radical (unpaired) electrons. The average Bonchev–Trinajstić information content (AvgIpc) is 3.04. The average molecular weight is 413 g/mol. The number of rotatable bonds is 4. The van der Waals surface area contributed by atoms with Crippen LogP contribution in [0.3, 0.4) is 0 Å². The molecule has 0 amide bonds. The molecule has 4 rings (SSSR count). The van der Waals surface area contributed by atoms with Crippen LogP contribution in [0, 0.1) is 46.3 Å². The molecule has 8 unspecified atom stereocenters. The molecule has 0 bridgehead atoms. The predicted molar refractivity (Wildman–Crippen MR) is 125 cm³/mol. The Labute approximate surface area is 184 Å². The molecule has 3 fully saturated rings. The van der Waals surface area contributed by atoms with Crippen LogP contribution in [0.1, 0.15) is 86.5 Å². The van der Waals surface area contributed by atoms with Crippen molar-refractivity contribution in [2.75, 3.05) is 0 Å². The van der Waals surface area contributed by atoms with Crippen LogP contribution < -0.4 is 0 Å². The van der Waals surface area contributed by atoms with Crippen LogP contribution in [-0.4, -0.2) is 16.3 Å². The van der Waals surface area contributed by atoms with E-state index in [-0.39, 0.29) is 11.5 Å². The van der Waals surface area contributed by atoms with Gasteiger partial charge in [-0.2, -0.15) is 0 Å². The second-order valence-corrected chi connectivity index (χ2v) is 12.0. The van der Waals surface area contributed by atoms with E-state index in [9.17, 15) is 10.2 Å². The van der Waals surface area contributed by atoms with Gasteiger partial charge in [-0.3, -0.25) is 0 Å². The first kappa shape index (κ1) is 22.2. The first-order valence-electron chi connectivity index (χ1n) is 12.6. The molecule has 0 aromatic heterocycles. The minimum atomic E-state index is -0.232. The summed E-state index contributed by atoms with van der Waals surface area (Å²) in [6.45, 7) is 14.3. The molecule has 3 saturated carbocycles. The molecule has 0 heterocycles. The van der Waals surface area contributed by atoms with Gasteiger partial charge in [-0.1, -0.05) is 59.3 Å². The maximum absolute atomic E-state index is 11.2. The Kier molecular flexibility index (Phi) is 5.79. The van der Waals surface area contributed by atoms with Gasteiger partial charge in [-0.05, 0) is 103 Å². The van der Waals surface area contributed by atoms with Gasteiger partial charge in [0.25, 0.3) is 0 Å². The SMILES string of the molecule is CC(C)C(C)C=CC(C)C1CCC2C3=C(O)C=C4CC(O)CCC4(C)C3CCC21C. The third-order valence-electron chi connectivity index (χ3n) is 10.1. The van der Waals surface area contributed by atoms with Gasteiger partial charge in [0.2, 0.25) is 0 Å². The number of hydrogen-bond acceptors (Lipinski definition) is 2. The van der Waals surface area contributed by atoms with Crippen LogP contribution in [0.15, 0.2) is 35.1 Å². The van der Waals surface area contributed by atoms with Crippen molar-refractivity contribution in [1.82, 2.24) is 0 Å². The van der Waals surface area contributed by atoms with Gasteiger partial charge in [-0.15, -0.1) is 0 Å². The zero-order valence-electron chi connectivity index (χ0n) is 20.1. The highest BCUT2D eigenvalue weighted by Crippen LogP contribution is 2.66. The van der Waals surface area contributed by atoms with Crippen LogP contribution in [0.5, 0.6) is 0 Å². The van der Waals surface area contributed by atoms with E-state index in [4.69, 9.17) is 0 Å². The van der Waals surface area contributed by atoms with Gasteiger partial charge >= 0.3 is 0 Å². The Hall–Kier alpha value is -1.02. The fraction of sp³-hybridized carbons (Fsp3) is 0.786. The smallest absolute Gasteiger partial charge is 0.115 e. The van der Waals surface area contributed by atoms with Crippen molar-refractivity contribution >= 4 is 0 Å². The van der Waals surface area contributed by atoms with Crippen molar-refractivity contribution in [1.29, 1.82) is 0 Å². The van der Waals surface area contributed by atoms with Crippen LogP contribution in [0.4, 0.5) is 0 Å². The van der Waals surface area contributed by atoms with Gasteiger partial charge in [0.15, 0.2) is 0 Å². The molecule has 2 nitrogen and oxygen atoms in total. The first-order chi connectivity index (χ1) is 14.1. The van der Waals surface area contributed by atoms with E-state index in [0.29, 0.717) is 46.7 Å². The van der Waals surface area contributed by atoms with Crippen molar-refractivity contribution in [3.05, 3.63) is 35.1 Å². The third-order valence-corrected chi connectivity index (χ3v) is 10.1. The molecule has 0 aromatic carbocycles. The van der Waals surface area contributed by atoms with E-state index >= 15 is 0 Å². The summed E-state index contributed by atoms with van der Waals surface area (Å²) in [5.74, 6) is 4.14. The molecular formula is C28H44O2. The van der Waals surface area contributed by atoms with Crippen LogP contribution in [0.25, 0.3) is 0 Å². The second-order valence-electron chi connectivity index (χ2n) is 12.0. The summed E-state index contributed by atoms with van der Waals surface area (Å²) in [6, 6.07) is 0. The number of aliphatic hydroxyl groups excluding tert-OH is 2. The number of allylic oxidation sites excluding steroid dienone is 4. The van der Waals surface area contributed by atoms with E-state index in [2.05, 4.69) is 59.8 Å². The van der Waals surface area contributed by atoms with E-state index < -0.39 is 0 Å². The highest BCUT2D eigenvalue weighted by Gasteiger charge is 2.58. The van der Waals surface area contributed by atoms with Crippen molar-refractivity contribution in [3.63, 3.8) is 0 Å². The molecule has 4 aliphatic carbocycles. The summed E-state index contributed by atoms with van der Waals surface area (Å²) in [5.41, 5.74) is 3.10. The molecular weight excluding hydrogens is 368 g/mol. The van der Waals surface area contributed by atoms with Crippen molar-refractivity contribution in [2.45, 2.75) is 92.6 Å². The van der Waals surface area contributed by atoms with Crippen molar-refractivity contribution in [2.24, 2.45) is 46.3 Å². The number of aliphatic hydroxyl groups is 2. The quantitative estimate of drug-likeness (QED) is 0.479. The molecule has 0 spiro atoms. The van der Waals surface area contributed by atoms with Crippen LogP contribution >= 0.6 is 0 Å². The Balaban J connectivity index is 1.62. The maximum atomic E-state index is 11.2. The zero-order chi connectivity index (χ0) is 21.8. The molecule has 2 heteroatoms.